The molecule has 1 amide bonds. The van der Waals surface area contributed by atoms with E-state index in [0.29, 0.717) is 18.0 Å². The molecule has 0 aliphatic rings. The maximum Gasteiger partial charge on any atom is 0.240 e. The summed E-state index contributed by atoms with van der Waals surface area (Å²) in [5.74, 6) is 2.00. The molecule has 0 saturated carbocycles. The van der Waals surface area contributed by atoms with E-state index in [1.165, 1.54) is 7.11 Å². The molecule has 9 heteroatoms. The molecule has 0 spiro atoms. The molecule has 6 nitrogen and oxygen atoms in total. The van der Waals surface area contributed by atoms with Crippen LogP contribution < -0.4 is 14.4 Å². The van der Waals surface area contributed by atoms with Gasteiger partial charge in [0.1, 0.15) is 12.3 Å². The average Bonchev–Trinajstić information content (AvgIpc) is 2.68. The largest absolute Gasteiger partial charge is 0.497 e. The van der Waals surface area contributed by atoms with Crippen LogP contribution in [0.5, 0.6) is 5.75 Å². The predicted octanol–water partition coefficient (Wildman–Crippen LogP) is 3.55. The van der Waals surface area contributed by atoms with E-state index in [4.69, 9.17) is 16.3 Å². The maximum absolute atomic E-state index is 12.2. The topological polar surface area (TPSA) is 75.7 Å². The Morgan fingerprint density at radius 3 is 2.55 bits per heavy atom. The van der Waals surface area contributed by atoms with Gasteiger partial charge in [0.25, 0.3) is 0 Å². The van der Waals surface area contributed by atoms with Crippen LogP contribution in [0.15, 0.2) is 48.5 Å². The highest BCUT2D eigenvalue weighted by atomic mass is 35.5. The number of anilines is 1. The van der Waals surface area contributed by atoms with Crippen molar-refractivity contribution in [3.05, 3.63) is 59.1 Å². The van der Waals surface area contributed by atoms with Gasteiger partial charge in [0, 0.05) is 17.3 Å². The van der Waals surface area contributed by atoms with Gasteiger partial charge in [-0.3, -0.25) is 9.10 Å². The van der Waals surface area contributed by atoms with Crippen LogP contribution in [0.2, 0.25) is 5.02 Å². The zero-order valence-corrected chi connectivity index (χ0v) is 18.8. The lowest BCUT2D eigenvalue weighted by molar-refractivity contribution is -0.119. The number of rotatable bonds is 11. The molecule has 2 aromatic carbocycles. The molecule has 0 aliphatic heterocycles. The Morgan fingerprint density at radius 1 is 1.21 bits per heavy atom. The number of carbonyl (C=O) groups excluding carboxylic acids is 1. The fourth-order valence-corrected chi connectivity index (χ4v) is 4.53. The smallest absolute Gasteiger partial charge is 0.240 e. The highest BCUT2D eigenvalue weighted by Gasteiger charge is 2.20. The molecule has 2 aromatic rings. The second kappa shape index (κ2) is 11.3. The van der Waals surface area contributed by atoms with Crippen molar-refractivity contribution >= 4 is 45.0 Å². The van der Waals surface area contributed by atoms with Crippen molar-refractivity contribution in [2.45, 2.75) is 12.2 Å². The molecule has 0 radical (unpaired) electrons. The Balaban J connectivity index is 1.76. The van der Waals surface area contributed by atoms with Gasteiger partial charge < -0.3 is 10.1 Å². The van der Waals surface area contributed by atoms with Gasteiger partial charge in [-0.25, -0.2) is 8.42 Å². The Bertz CT molecular complexity index is 905. The van der Waals surface area contributed by atoms with Crippen LogP contribution >= 0.6 is 23.4 Å². The highest BCUT2D eigenvalue weighted by Crippen LogP contribution is 2.21. The number of nitrogens with zero attached hydrogens (tertiary/aromatic N) is 1. The van der Waals surface area contributed by atoms with Gasteiger partial charge >= 0.3 is 0 Å². The quantitative estimate of drug-likeness (QED) is 0.523. The van der Waals surface area contributed by atoms with E-state index in [2.05, 4.69) is 5.32 Å². The van der Waals surface area contributed by atoms with Crippen LogP contribution in [0, 0.1) is 0 Å². The molecule has 0 bridgehead atoms. The summed E-state index contributed by atoms with van der Waals surface area (Å²) in [5, 5.41) is 3.51. The van der Waals surface area contributed by atoms with Crippen molar-refractivity contribution in [2.75, 3.05) is 36.5 Å². The van der Waals surface area contributed by atoms with Crippen molar-refractivity contribution < 1.29 is 17.9 Å². The molecule has 0 saturated heterocycles. The van der Waals surface area contributed by atoms with Crippen LogP contribution in [-0.2, 0) is 20.6 Å². The van der Waals surface area contributed by atoms with E-state index in [9.17, 15) is 13.2 Å². The Labute approximate surface area is 181 Å². The summed E-state index contributed by atoms with van der Waals surface area (Å²) in [5.41, 5.74) is 1.58. The molecule has 0 aliphatic carbocycles. The Kier molecular flexibility index (Phi) is 9.13. The summed E-state index contributed by atoms with van der Waals surface area (Å²) in [7, 11) is -2.06. The van der Waals surface area contributed by atoms with Gasteiger partial charge in [0.05, 0.1) is 19.1 Å². The normalized spacial score (nSPS) is 11.1. The highest BCUT2D eigenvalue weighted by molar-refractivity contribution is 7.98. The number of nitrogens with one attached hydrogen (secondary N) is 1. The summed E-state index contributed by atoms with van der Waals surface area (Å²) in [6.07, 6.45) is 1.87. The first-order valence-electron chi connectivity index (χ1n) is 9.00. The van der Waals surface area contributed by atoms with Gasteiger partial charge in [0.2, 0.25) is 15.9 Å². The fourth-order valence-electron chi connectivity index (χ4n) is 2.55. The van der Waals surface area contributed by atoms with Crippen LogP contribution in [-0.4, -0.2) is 46.5 Å². The standard InChI is InChI=1S/C20H25ClN2O4S2/c1-27-19-9-7-18(8-10-19)23(29(2,25)26)14-20(24)22-11-4-12-28-15-16-5-3-6-17(21)13-16/h3,5-10,13H,4,11-12,14-15H2,1-2H3,(H,22,24). The number of hydrogen-bond donors (Lipinski definition) is 1. The molecule has 1 N–H and O–H groups in total. The Hall–Kier alpha value is -1.90. The zero-order valence-electron chi connectivity index (χ0n) is 16.4. The molecule has 29 heavy (non-hydrogen) atoms. The van der Waals surface area contributed by atoms with Crippen molar-refractivity contribution in [2.24, 2.45) is 0 Å². The molecule has 0 atom stereocenters. The third-order valence-electron chi connectivity index (χ3n) is 3.99. The van der Waals surface area contributed by atoms with Crippen LogP contribution in [0.1, 0.15) is 12.0 Å². The number of benzene rings is 2. The zero-order chi connectivity index (χ0) is 21.3. The lowest BCUT2D eigenvalue weighted by atomic mass is 10.2. The maximum atomic E-state index is 12.2. The van der Waals surface area contributed by atoms with E-state index in [-0.39, 0.29) is 12.5 Å². The molecule has 0 aromatic heterocycles. The number of hydrogen-bond acceptors (Lipinski definition) is 5. The monoisotopic (exact) mass is 456 g/mol. The van der Waals surface area contributed by atoms with Crippen molar-refractivity contribution in [1.82, 2.24) is 5.32 Å². The van der Waals surface area contributed by atoms with Gasteiger partial charge in [-0.2, -0.15) is 11.8 Å². The van der Waals surface area contributed by atoms with E-state index in [1.807, 2.05) is 24.3 Å². The van der Waals surface area contributed by atoms with Crippen molar-refractivity contribution in [1.29, 1.82) is 0 Å². The molecular formula is C20H25ClN2O4S2. The van der Waals surface area contributed by atoms with E-state index < -0.39 is 10.0 Å². The van der Waals surface area contributed by atoms with Crippen molar-refractivity contribution in [3.8, 4) is 5.75 Å². The average molecular weight is 457 g/mol. The minimum atomic E-state index is -3.59. The van der Waals surface area contributed by atoms with Crippen LogP contribution in [0.3, 0.4) is 0 Å². The lowest BCUT2D eigenvalue weighted by Crippen LogP contribution is -2.40. The lowest BCUT2D eigenvalue weighted by Gasteiger charge is -2.22. The second-order valence-electron chi connectivity index (χ2n) is 6.35. The third-order valence-corrected chi connectivity index (χ3v) is 6.48. The number of thioether (sulfide) groups is 1. The minimum absolute atomic E-state index is 0.263. The molecule has 2 rings (SSSR count). The summed E-state index contributed by atoms with van der Waals surface area (Å²) in [6, 6.07) is 14.3. The predicted molar refractivity (Wildman–Crippen MR) is 120 cm³/mol. The summed E-state index contributed by atoms with van der Waals surface area (Å²) in [6.45, 7) is 0.225. The van der Waals surface area contributed by atoms with Gasteiger partial charge in [-0.15, -0.1) is 0 Å². The SMILES string of the molecule is COc1ccc(N(CC(=O)NCCCSCc2cccc(Cl)c2)S(C)(=O)=O)cc1. The fraction of sp³-hybridized carbons (Fsp3) is 0.350. The summed E-state index contributed by atoms with van der Waals surface area (Å²) < 4.78 is 30.4. The molecule has 158 valence electrons. The summed E-state index contributed by atoms with van der Waals surface area (Å²) >= 11 is 7.72. The van der Waals surface area contributed by atoms with E-state index >= 15 is 0 Å². The van der Waals surface area contributed by atoms with Crippen LogP contribution in [0.4, 0.5) is 5.69 Å². The van der Waals surface area contributed by atoms with Gasteiger partial charge in [-0.1, -0.05) is 23.7 Å². The molecule has 0 heterocycles. The van der Waals surface area contributed by atoms with E-state index in [0.717, 1.165) is 39.1 Å². The number of ether oxygens (including phenoxy) is 1. The number of halogens is 1. The minimum Gasteiger partial charge on any atom is -0.497 e. The van der Waals surface area contributed by atoms with Gasteiger partial charge in [-0.05, 0) is 54.1 Å². The number of sulfonamides is 1. The molecular weight excluding hydrogens is 432 g/mol. The first-order valence-corrected chi connectivity index (χ1v) is 12.4. The first-order chi connectivity index (χ1) is 13.8. The summed E-state index contributed by atoms with van der Waals surface area (Å²) in [4.78, 5) is 12.2. The molecule has 0 unspecified atom stereocenters. The van der Waals surface area contributed by atoms with Gasteiger partial charge in [0.15, 0.2) is 0 Å². The number of carbonyl (C=O) groups is 1. The van der Waals surface area contributed by atoms with E-state index in [1.54, 1.807) is 36.0 Å². The second-order valence-corrected chi connectivity index (χ2v) is 9.80. The Morgan fingerprint density at radius 2 is 1.93 bits per heavy atom. The number of amides is 1. The van der Waals surface area contributed by atoms with Crippen molar-refractivity contribution in [3.63, 3.8) is 0 Å². The van der Waals surface area contributed by atoms with Crippen LogP contribution in [0.25, 0.3) is 0 Å². The molecule has 0 fully saturated rings. The first kappa shape index (κ1) is 23.4. The third kappa shape index (κ3) is 8.16. The number of methoxy groups -OCH3 is 1.